The van der Waals surface area contributed by atoms with Crippen LogP contribution in [0.1, 0.15) is 50.1 Å². The lowest BCUT2D eigenvalue weighted by molar-refractivity contribution is -0.167. The number of rotatable bonds is 10. The summed E-state index contributed by atoms with van der Waals surface area (Å²) in [7, 11) is 0. The van der Waals surface area contributed by atoms with Gasteiger partial charge in [0.1, 0.15) is 37.9 Å². The van der Waals surface area contributed by atoms with E-state index in [1.807, 2.05) is 24.3 Å². The molecule has 2 unspecified atom stereocenters. The van der Waals surface area contributed by atoms with Crippen molar-refractivity contribution in [3.8, 4) is 11.5 Å². The molecule has 0 saturated heterocycles. The van der Waals surface area contributed by atoms with Crippen LogP contribution in [0.2, 0.25) is 0 Å². The maximum atomic E-state index is 16.1. The predicted octanol–water partition coefficient (Wildman–Crippen LogP) is 9.90. The van der Waals surface area contributed by atoms with Crippen molar-refractivity contribution in [2.45, 2.75) is 30.1 Å². The smallest absolute Gasteiger partial charge is 0.326 e. The second kappa shape index (κ2) is 9.22. The first-order chi connectivity index (χ1) is 31.6. The maximum absolute atomic E-state index is 16.1. The van der Waals surface area contributed by atoms with E-state index in [0.717, 1.165) is 40.7 Å². The van der Waals surface area contributed by atoms with E-state index >= 15 is 9.59 Å². The number of nitrogens with zero attached hydrogens (tertiary/aromatic N) is 2. The maximum Gasteiger partial charge on any atom is 0.326 e. The lowest BCUT2D eigenvalue weighted by Crippen LogP contribution is -2.39. The summed E-state index contributed by atoms with van der Waals surface area (Å²) in [6.07, 6.45) is 11.5. The molecule has 0 bridgehead atoms. The zero-order chi connectivity index (χ0) is 41.1. The number of hydrogen-bond donors (Lipinski definition) is 0. The van der Waals surface area contributed by atoms with Crippen LogP contribution in [0, 0.1) is 5.41 Å². The van der Waals surface area contributed by atoms with Gasteiger partial charge in [-0.25, -0.2) is 0 Å². The molecule has 0 radical (unpaired) electrons. The third-order valence-electron chi connectivity index (χ3n) is 17.6. The van der Waals surface area contributed by atoms with Gasteiger partial charge in [0.25, 0.3) is 0 Å². The number of ether oxygens (including phenoxy) is 4. The molecule has 19 rings (SSSR count). The Morgan fingerprint density at radius 2 is 0.969 bits per heavy atom. The van der Waals surface area contributed by atoms with Crippen molar-refractivity contribution in [3.63, 3.8) is 0 Å². The van der Waals surface area contributed by atoms with Crippen molar-refractivity contribution >= 4 is 115 Å². The summed E-state index contributed by atoms with van der Waals surface area (Å²) in [5.74, 6) is 0.0628. The summed E-state index contributed by atoms with van der Waals surface area (Å²) >= 11 is 0. The van der Waals surface area contributed by atoms with Crippen LogP contribution in [-0.2, 0) is 49.2 Å². The highest BCUT2D eigenvalue weighted by atomic mass is 16.6. The number of benzene rings is 8. The van der Waals surface area contributed by atoms with Crippen molar-refractivity contribution in [3.05, 3.63) is 135 Å². The molecule has 12 aromatic rings. The Kier molecular flexibility index (Phi) is 4.51. The van der Waals surface area contributed by atoms with Crippen LogP contribution >= 0.6 is 0 Å². The topological polar surface area (TPSA) is 96.8 Å². The molecule has 2 heterocycles. The van der Waals surface area contributed by atoms with Crippen molar-refractivity contribution in [2.75, 3.05) is 26.4 Å². The van der Waals surface area contributed by atoms with Crippen molar-refractivity contribution < 1.29 is 28.5 Å². The van der Waals surface area contributed by atoms with Gasteiger partial charge in [0.15, 0.2) is 5.41 Å². The molecule has 8 heteroatoms. The van der Waals surface area contributed by atoms with Gasteiger partial charge < -0.3 is 18.9 Å². The highest BCUT2D eigenvalue weighted by molar-refractivity contribution is 6.60. The van der Waals surface area contributed by atoms with Gasteiger partial charge in [0, 0.05) is 12.4 Å². The minimum absolute atomic E-state index is 0.0436. The Morgan fingerprint density at radius 3 is 1.55 bits per heavy atom. The van der Waals surface area contributed by atoms with Crippen LogP contribution < -0.4 is 9.47 Å². The summed E-state index contributed by atoms with van der Waals surface area (Å²) in [5, 5.41) is 24.0. The Bertz CT molecular complexity index is 4320. The molecule has 2 spiro atoms. The van der Waals surface area contributed by atoms with E-state index in [0.29, 0.717) is 17.9 Å². The average molecular weight is 825 g/mol. The van der Waals surface area contributed by atoms with E-state index < -0.39 is 28.2 Å². The first-order valence-electron chi connectivity index (χ1n) is 22.5. The van der Waals surface area contributed by atoms with E-state index in [2.05, 4.69) is 46.4 Å². The summed E-state index contributed by atoms with van der Waals surface area (Å²) < 4.78 is 25.1. The van der Waals surface area contributed by atoms with Crippen LogP contribution in [0.25, 0.3) is 103 Å². The first-order valence-corrected chi connectivity index (χ1v) is 22.5. The Hall–Kier alpha value is -7.58. The van der Waals surface area contributed by atoms with Crippen LogP contribution in [0.15, 0.2) is 85.0 Å². The molecular weight excluding hydrogens is 797 g/mol. The fraction of sp³-hybridized carbons (Fsp3) is 0.179. The highest BCUT2D eigenvalue weighted by Gasteiger charge is 3.01. The standard InChI is InChI=1S/C56H28N2O6/c59-52(63-9-7-61-31-3-1-5-57-20-31)56(53(60)64-10-8-62-32-4-2-6-58-21-32)54-30-18-28-17-27-15-23-11-22-12-25-13-24-14-26-16-29(19-30)50-45-36(26)35(24)40-37(25)39-33(22)34(23)41-38(27)46(49(28)54)48-44(41)42(39)43(40)47(45)51(48)55(50,54)56/h1-6,12-13,15-17,19-21H,7-11,14,18H2. The van der Waals surface area contributed by atoms with E-state index in [9.17, 15) is 0 Å². The van der Waals surface area contributed by atoms with Gasteiger partial charge in [0.05, 0.1) is 23.2 Å². The Morgan fingerprint density at radius 1 is 0.484 bits per heavy atom. The van der Waals surface area contributed by atoms with Crippen LogP contribution in [0.5, 0.6) is 11.5 Å². The summed E-state index contributed by atoms with van der Waals surface area (Å²) in [4.78, 5) is 40.7. The van der Waals surface area contributed by atoms with E-state index in [1.165, 1.54) is 125 Å². The Balaban J connectivity index is 0.963. The molecule has 2 atom stereocenters. The molecule has 1 fully saturated rings. The minimum atomic E-state index is -1.76. The molecule has 2 aromatic heterocycles. The third-order valence-corrected chi connectivity index (χ3v) is 17.6. The number of esters is 2. The molecule has 10 aromatic carbocycles. The van der Waals surface area contributed by atoms with Gasteiger partial charge >= 0.3 is 11.9 Å². The Labute approximate surface area is 360 Å². The van der Waals surface area contributed by atoms with Crippen LogP contribution in [0.4, 0.5) is 0 Å². The van der Waals surface area contributed by atoms with E-state index in [4.69, 9.17) is 18.9 Å². The lowest BCUT2D eigenvalue weighted by atomic mass is 9.69. The molecule has 1 saturated carbocycles. The molecule has 0 amide bonds. The van der Waals surface area contributed by atoms with Gasteiger partial charge in [-0.3, -0.25) is 19.6 Å². The summed E-state index contributed by atoms with van der Waals surface area (Å²) in [5.41, 5.74) is 8.54. The minimum Gasteiger partial charge on any atom is -0.488 e. The largest absolute Gasteiger partial charge is 0.488 e. The molecule has 7 aliphatic rings. The summed E-state index contributed by atoms with van der Waals surface area (Å²) in [6.45, 7) is 0.128. The number of allylic oxidation sites excluding steroid dienone is 1. The van der Waals surface area contributed by atoms with E-state index in [1.54, 1.807) is 24.8 Å². The van der Waals surface area contributed by atoms with Crippen LogP contribution in [0.3, 0.4) is 0 Å². The van der Waals surface area contributed by atoms with E-state index in [-0.39, 0.29) is 26.4 Å². The first kappa shape index (κ1) is 31.3. The zero-order valence-corrected chi connectivity index (χ0v) is 33.9. The average Bonchev–Trinajstić information content (AvgIpc) is 3.98. The molecule has 7 aliphatic carbocycles. The lowest BCUT2D eigenvalue weighted by Gasteiger charge is -2.31. The number of pyridine rings is 2. The second-order valence-electron chi connectivity index (χ2n) is 19.6. The molecule has 64 heavy (non-hydrogen) atoms. The predicted molar refractivity (Wildman–Crippen MR) is 243 cm³/mol. The van der Waals surface area contributed by atoms with Crippen molar-refractivity contribution in [1.29, 1.82) is 0 Å². The fourth-order valence-electron chi connectivity index (χ4n) is 16.5. The van der Waals surface area contributed by atoms with Gasteiger partial charge in [0.2, 0.25) is 0 Å². The van der Waals surface area contributed by atoms with Crippen LogP contribution in [-0.4, -0.2) is 48.3 Å². The fourth-order valence-corrected chi connectivity index (χ4v) is 16.5. The zero-order valence-electron chi connectivity index (χ0n) is 33.9. The number of carbonyl (C=O) groups excluding carboxylic acids is 2. The van der Waals surface area contributed by atoms with Crippen molar-refractivity contribution in [2.24, 2.45) is 5.41 Å². The van der Waals surface area contributed by atoms with Gasteiger partial charge in [-0.1, -0.05) is 42.0 Å². The number of carbonyl (C=O) groups is 2. The van der Waals surface area contributed by atoms with Gasteiger partial charge in [-0.15, -0.1) is 0 Å². The van der Waals surface area contributed by atoms with Gasteiger partial charge in [-0.2, -0.15) is 0 Å². The molecule has 0 aliphatic heterocycles. The molecule has 8 nitrogen and oxygen atoms in total. The monoisotopic (exact) mass is 824 g/mol. The number of aromatic nitrogens is 2. The second-order valence-corrected chi connectivity index (χ2v) is 19.6. The normalized spacial score (nSPS) is 21.3. The quantitative estimate of drug-likeness (QED) is 0.0582. The van der Waals surface area contributed by atoms with Gasteiger partial charge in [-0.05, 0) is 191 Å². The SMILES string of the molecule is O=C(OCCOc1cccnc1)C1(C(=O)OCCOc2cccnc2)C23C4=Cc5cc6c7c8c5C12c1c2c5c3c(cc3cc9c%10c%11c(cc%12cc(c7c7c%12c%11c(c2c%10c35)c7c18)C6)C9)C4. The third kappa shape index (κ3) is 2.62. The molecule has 298 valence electrons. The summed E-state index contributed by atoms with van der Waals surface area (Å²) in [6, 6.07) is 19.6. The molecular formula is C56H28N2O6. The highest BCUT2D eigenvalue weighted by Crippen LogP contribution is 2.93. The number of hydrogen-bond acceptors (Lipinski definition) is 8. The molecule has 0 N–H and O–H groups in total. The van der Waals surface area contributed by atoms with Crippen molar-refractivity contribution in [1.82, 2.24) is 9.97 Å².